The van der Waals surface area contributed by atoms with Gasteiger partial charge in [-0.05, 0) is 97.4 Å². The molecule has 15 unspecified atom stereocenters. The maximum absolute atomic E-state index is 14.0. The number of esters is 1. The molecule has 0 radical (unpaired) electrons. The molecule has 13 N–H and O–H groups in total. The molecule has 1 aromatic carbocycles. The summed E-state index contributed by atoms with van der Waals surface area (Å²) in [5.41, 5.74) is 1.30. The van der Waals surface area contributed by atoms with Gasteiger partial charge >= 0.3 is 5.97 Å². The zero-order valence-corrected chi connectivity index (χ0v) is 53.9. The number of ether oxygens (including phenoxy) is 4. The van der Waals surface area contributed by atoms with Crippen molar-refractivity contribution in [2.45, 2.75) is 195 Å². The predicted octanol–water partition coefficient (Wildman–Crippen LogP) is 2.06. The van der Waals surface area contributed by atoms with Crippen LogP contribution in [0.4, 0.5) is 5.69 Å². The van der Waals surface area contributed by atoms with Crippen molar-refractivity contribution >= 4 is 35.0 Å². The molecule has 0 spiro atoms. The Morgan fingerprint density at radius 1 is 0.703 bits per heavy atom. The Hall–Kier alpha value is -5.65. The van der Waals surface area contributed by atoms with Gasteiger partial charge in [0, 0.05) is 75.8 Å². The number of hydrogen-bond donors (Lipinski definition) is 13. The van der Waals surface area contributed by atoms with E-state index in [4.69, 9.17) is 18.9 Å². The largest absolute Gasteiger partial charge is 0.461 e. The van der Waals surface area contributed by atoms with Crippen LogP contribution in [-0.4, -0.2) is 243 Å². The van der Waals surface area contributed by atoms with Gasteiger partial charge in [0.25, 0.3) is 0 Å². The number of cyclic esters (lactones) is 1. The van der Waals surface area contributed by atoms with E-state index in [-0.39, 0.29) is 50.0 Å². The van der Waals surface area contributed by atoms with Crippen LogP contribution in [0.15, 0.2) is 109 Å². The molecule has 19 atom stereocenters. The van der Waals surface area contributed by atoms with E-state index < -0.39 is 178 Å². The molecule has 24 heteroatoms. The molecular weight excluding hydrogens is 1180 g/mol. The highest BCUT2D eigenvalue weighted by Crippen LogP contribution is 2.38. The van der Waals surface area contributed by atoms with Crippen molar-refractivity contribution < 1.29 is 94.0 Å². The van der Waals surface area contributed by atoms with Crippen LogP contribution in [0.1, 0.15) is 108 Å². The second kappa shape index (κ2) is 39.8. The van der Waals surface area contributed by atoms with Crippen LogP contribution < -0.4 is 16.0 Å². The topological polar surface area (TPSA) is 367 Å². The SMILES string of the molecule is CNc1ccc(C(=O)CC(O)CC[C@H](C)C2OC(=O)C[C@H](O)CC(=O)CC(O)CC(O)CC(O)CC(O)CC3(O)C[C@H](O)C(C(=O)NCCN(C)C)C(CC(OC4OC(C)C(O)C(NC(=O)CN(C)C)C4O)/C=C/C=C/C=C/C=C\C=C/C=C/C=C/[C@@H]2C)O3)cc1. The Morgan fingerprint density at radius 2 is 1.27 bits per heavy atom. The van der Waals surface area contributed by atoms with Crippen molar-refractivity contribution in [2.75, 3.05) is 60.2 Å². The van der Waals surface area contributed by atoms with E-state index >= 15 is 0 Å². The molecule has 4 rings (SSSR count). The van der Waals surface area contributed by atoms with Crippen molar-refractivity contribution in [3.8, 4) is 0 Å². The quantitative estimate of drug-likeness (QED) is 0.0784. The summed E-state index contributed by atoms with van der Waals surface area (Å²) in [5.74, 6) is -7.10. The molecule has 0 saturated carbocycles. The predicted molar refractivity (Wildman–Crippen MR) is 342 cm³/mol. The Bertz CT molecular complexity index is 2610. The van der Waals surface area contributed by atoms with Crippen LogP contribution in [0.25, 0.3) is 0 Å². The lowest BCUT2D eigenvalue weighted by Gasteiger charge is -2.46. The van der Waals surface area contributed by atoms with Gasteiger partial charge in [0.05, 0.1) is 86.0 Å². The first-order valence-electron chi connectivity index (χ1n) is 31.5. The zero-order valence-electron chi connectivity index (χ0n) is 53.9. The van der Waals surface area contributed by atoms with Crippen LogP contribution >= 0.6 is 0 Å². The molecule has 24 nitrogen and oxygen atoms in total. The number of carbonyl (C=O) groups is 5. The summed E-state index contributed by atoms with van der Waals surface area (Å²) >= 11 is 0. The van der Waals surface area contributed by atoms with Gasteiger partial charge in [-0.3, -0.25) is 24.0 Å². The smallest absolute Gasteiger partial charge is 0.308 e. The maximum Gasteiger partial charge on any atom is 0.308 e. The summed E-state index contributed by atoms with van der Waals surface area (Å²) in [6.45, 7) is 5.81. The number of aliphatic hydroxyl groups excluding tert-OH is 9. The van der Waals surface area contributed by atoms with E-state index in [2.05, 4.69) is 16.0 Å². The summed E-state index contributed by atoms with van der Waals surface area (Å²) in [6.07, 6.45) is 2.19. The van der Waals surface area contributed by atoms with E-state index in [0.717, 1.165) is 5.69 Å². The molecule has 3 aliphatic heterocycles. The number of ketones is 2. The van der Waals surface area contributed by atoms with Crippen molar-refractivity contribution in [1.82, 2.24) is 20.4 Å². The third kappa shape index (κ3) is 28.6. The van der Waals surface area contributed by atoms with Gasteiger partial charge in [-0.15, -0.1) is 0 Å². The first kappa shape index (κ1) is 77.8. The van der Waals surface area contributed by atoms with Gasteiger partial charge in [0.2, 0.25) is 11.8 Å². The number of hydrogen-bond acceptors (Lipinski definition) is 22. The Kier molecular flexibility index (Phi) is 34.0. The Balaban J connectivity index is 1.62. The number of carbonyl (C=O) groups excluding carboxylic acids is 5. The second-order valence-electron chi connectivity index (χ2n) is 24.9. The molecular formula is C67H103N5O19. The summed E-state index contributed by atoms with van der Waals surface area (Å²) < 4.78 is 24.6. The van der Waals surface area contributed by atoms with Gasteiger partial charge in [-0.25, -0.2) is 0 Å². The molecule has 91 heavy (non-hydrogen) atoms. The van der Waals surface area contributed by atoms with Gasteiger partial charge in [-0.1, -0.05) is 98.9 Å². The third-order valence-electron chi connectivity index (χ3n) is 16.0. The van der Waals surface area contributed by atoms with Crippen LogP contribution in [0.3, 0.4) is 0 Å². The number of rotatable bonds is 17. The Morgan fingerprint density at radius 3 is 1.87 bits per heavy atom. The number of anilines is 1. The number of nitrogens with zero attached hydrogens (tertiary/aromatic N) is 2. The van der Waals surface area contributed by atoms with E-state index in [1.54, 1.807) is 129 Å². The van der Waals surface area contributed by atoms with E-state index in [9.17, 15) is 75.0 Å². The fourth-order valence-electron chi connectivity index (χ4n) is 11.3. The fraction of sp³-hybridized carbons (Fsp3) is 0.627. The van der Waals surface area contributed by atoms with Crippen LogP contribution in [-0.2, 0) is 38.1 Å². The number of likely N-dealkylation sites (N-methyl/N-ethyl adjacent to an activating group) is 2. The number of amides is 2. The third-order valence-corrected chi connectivity index (χ3v) is 16.0. The van der Waals surface area contributed by atoms with Crippen LogP contribution in [0, 0.1) is 17.8 Å². The fourth-order valence-corrected chi connectivity index (χ4v) is 11.3. The molecule has 0 aliphatic carbocycles. The molecule has 2 bridgehead atoms. The summed E-state index contributed by atoms with van der Waals surface area (Å²) in [4.78, 5) is 69.8. The molecule has 3 aliphatic rings. The number of benzene rings is 1. The number of Topliss-reactive ketones (excluding diaryl/α,β-unsaturated/α-hetero) is 2. The maximum atomic E-state index is 14.0. The van der Waals surface area contributed by atoms with Gasteiger partial charge in [0.15, 0.2) is 17.9 Å². The summed E-state index contributed by atoms with van der Waals surface area (Å²) in [5, 5.41) is 121. The highest BCUT2D eigenvalue weighted by atomic mass is 16.7. The monoisotopic (exact) mass is 1280 g/mol. The average molecular weight is 1280 g/mol. The minimum Gasteiger partial charge on any atom is -0.461 e. The lowest BCUT2D eigenvalue weighted by molar-refractivity contribution is -0.307. The zero-order chi connectivity index (χ0) is 67.4. The van der Waals surface area contributed by atoms with Crippen LogP contribution in [0.5, 0.6) is 0 Å². The number of fused-ring (bicyclic) bond motifs is 2. The highest BCUT2D eigenvalue weighted by molar-refractivity contribution is 5.96. The highest BCUT2D eigenvalue weighted by Gasteiger charge is 2.51. The molecule has 2 saturated heterocycles. The molecule has 2 amide bonds. The first-order chi connectivity index (χ1) is 43.1. The molecule has 0 aromatic heterocycles. The molecule has 510 valence electrons. The van der Waals surface area contributed by atoms with E-state index in [0.29, 0.717) is 18.5 Å². The Labute approximate surface area is 535 Å². The normalized spacial score (nSPS) is 34.9. The molecule has 1 aromatic rings. The minimum absolute atomic E-state index is 0.0513. The first-order valence-corrected chi connectivity index (χ1v) is 31.5. The van der Waals surface area contributed by atoms with E-state index in [1.165, 1.54) is 6.92 Å². The van der Waals surface area contributed by atoms with Gasteiger partial charge in [-0.2, -0.15) is 0 Å². The number of nitrogens with one attached hydrogen (secondary N) is 3. The van der Waals surface area contributed by atoms with Crippen molar-refractivity contribution in [1.29, 1.82) is 0 Å². The van der Waals surface area contributed by atoms with Gasteiger partial charge in [0.1, 0.15) is 24.1 Å². The van der Waals surface area contributed by atoms with E-state index in [1.807, 2.05) is 38.9 Å². The number of aliphatic hydroxyl groups is 10. The van der Waals surface area contributed by atoms with Crippen LogP contribution in [0.2, 0.25) is 0 Å². The van der Waals surface area contributed by atoms with Crippen molar-refractivity contribution in [3.05, 3.63) is 115 Å². The van der Waals surface area contributed by atoms with Crippen molar-refractivity contribution in [3.63, 3.8) is 0 Å². The van der Waals surface area contributed by atoms with Crippen molar-refractivity contribution in [2.24, 2.45) is 17.8 Å². The summed E-state index contributed by atoms with van der Waals surface area (Å²) in [6, 6.07) is 5.68. The lowest BCUT2D eigenvalue weighted by atomic mass is 9.82. The second-order valence-corrected chi connectivity index (χ2v) is 24.9. The lowest BCUT2D eigenvalue weighted by Crippen LogP contribution is -2.64. The minimum atomic E-state index is -2.32. The summed E-state index contributed by atoms with van der Waals surface area (Å²) in [7, 11) is 8.75. The van der Waals surface area contributed by atoms with Gasteiger partial charge < -0.3 is 95.8 Å². The molecule has 3 heterocycles. The number of allylic oxidation sites excluding steroid dienone is 12. The molecule has 2 fully saturated rings. The standard InChI is InChI=1S/C67H103N5O19/c1-42-21-19-17-15-13-11-9-10-12-14-16-18-20-22-54(89-66-63(85)61(62(84)44(3)88-66)70-58(82)41-72(7)8)38-57-60(65(86)69-29-30-71(5)6)56(81)40-67(87,91-57)39-53(79)35-51(77)33-49(75)31-48(74)32-50(76)34-52(78)37-59(83)90-64(42)43(2)23-28-47(73)36-55(80)45-24-26-46(68-4)27-25-45/h9-22,24-27,42-44,47-49,51-54,56-57,60-64,66,68,73-75,77-79,81,84-85,87H,23,28-41H2,1-8H3,(H,69,86)(H,70,82)/b10-9-,13-11-,14-12+,17-15+,18-16+,21-19+,22-20+/t42-,43-,44?,47?,48?,49?,51?,52+,53?,54?,56-,57?,60?,61?,62?,63?,64?,66?,67?/m0/s1. The average Bonchev–Trinajstić information content (AvgIpc) is 0.818.